The topological polar surface area (TPSA) is 15.3 Å². The number of rotatable bonds is 3. The van der Waals surface area contributed by atoms with Crippen molar-refractivity contribution in [2.24, 2.45) is 0 Å². The molecule has 0 radical (unpaired) electrons. The van der Waals surface area contributed by atoms with E-state index in [0.717, 1.165) is 13.1 Å². The lowest BCUT2D eigenvalue weighted by molar-refractivity contribution is 0.244. The van der Waals surface area contributed by atoms with Crippen molar-refractivity contribution in [2.75, 3.05) is 32.7 Å². The van der Waals surface area contributed by atoms with Gasteiger partial charge in [-0.1, -0.05) is 18.2 Å². The summed E-state index contributed by atoms with van der Waals surface area (Å²) in [6.07, 6.45) is 6.58. The van der Waals surface area contributed by atoms with Crippen molar-refractivity contribution < 1.29 is 0 Å². The van der Waals surface area contributed by atoms with Crippen LogP contribution < -0.4 is 5.32 Å². The third kappa shape index (κ3) is 2.93. The summed E-state index contributed by atoms with van der Waals surface area (Å²) in [6, 6.07) is 7.20. The molecule has 2 aliphatic rings. The van der Waals surface area contributed by atoms with Crippen molar-refractivity contribution in [3.63, 3.8) is 0 Å². The van der Waals surface area contributed by atoms with Crippen LogP contribution in [0.1, 0.15) is 29.5 Å². The molecule has 98 valence electrons. The van der Waals surface area contributed by atoms with E-state index < -0.39 is 0 Å². The Morgan fingerprint density at radius 1 is 1.00 bits per heavy atom. The first kappa shape index (κ1) is 12.2. The molecular formula is C16H24N2. The summed E-state index contributed by atoms with van der Waals surface area (Å²) >= 11 is 0. The lowest BCUT2D eigenvalue weighted by atomic mass is 9.90. The van der Waals surface area contributed by atoms with E-state index >= 15 is 0 Å². The van der Waals surface area contributed by atoms with Crippen molar-refractivity contribution in [1.82, 2.24) is 10.2 Å². The maximum Gasteiger partial charge on any atom is 0.0108 e. The molecule has 2 nitrogen and oxygen atoms in total. The van der Waals surface area contributed by atoms with E-state index in [2.05, 4.69) is 28.4 Å². The summed E-state index contributed by atoms with van der Waals surface area (Å²) in [5.41, 5.74) is 4.76. The Balaban J connectivity index is 1.58. The van der Waals surface area contributed by atoms with Crippen LogP contribution in [0.5, 0.6) is 0 Å². The zero-order chi connectivity index (χ0) is 12.2. The van der Waals surface area contributed by atoms with Gasteiger partial charge in [-0.3, -0.25) is 0 Å². The fourth-order valence-corrected chi connectivity index (χ4v) is 3.16. The number of hydrogen-bond donors (Lipinski definition) is 1. The smallest absolute Gasteiger partial charge is 0.0108 e. The molecule has 3 rings (SSSR count). The van der Waals surface area contributed by atoms with Crippen molar-refractivity contribution in [2.45, 2.75) is 32.1 Å². The maximum absolute atomic E-state index is 3.41. The molecule has 0 unspecified atom stereocenters. The van der Waals surface area contributed by atoms with E-state index in [4.69, 9.17) is 0 Å². The number of nitrogens with zero attached hydrogens (tertiary/aromatic N) is 1. The van der Waals surface area contributed by atoms with Crippen molar-refractivity contribution in [1.29, 1.82) is 0 Å². The van der Waals surface area contributed by atoms with Crippen LogP contribution in [0.2, 0.25) is 0 Å². The predicted molar refractivity (Wildman–Crippen MR) is 76.1 cm³/mol. The highest BCUT2D eigenvalue weighted by atomic mass is 15.2. The summed E-state index contributed by atoms with van der Waals surface area (Å²) in [5.74, 6) is 0. The molecule has 1 fully saturated rings. The molecule has 1 aromatic carbocycles. The summed E-state index contributed by atoms with van der Waals surface area (Å²) in [5, 5.41) is 3.41. The van der Waals surface area contributed by atoms with Gasteiger partial charge in [0.2, 0.25) is 0 Å². The van der Waals surface area contributed by atoms with Crippen LogP contribution in [0.25, 0.3) is 0 Å². The molecule has 18 heavy (non-hydrogen) atoms. The monoisotopic (exact) mass is 244 g/mol. The van der Waals surface area contributed by atoms with Crippen LogP contribution in [0.15, 0.2) is 18.2 Å². The van der Waals surface area contributed by atoms with Gasteiger partial charge in [0, 0.05) is 32.7 Å². The van der Waals surface area contributed by atoms with Gasteiger partial charge < -0.3 is 10.2 Å². The molecule has 0 aromatic heterocycles. The second-order valence-electron chi connectivity index (χ2n) is 5.65. The minimum Gasteiger partial charge on any atom is -0.314 e. The Labute approximate surface area is 110 Å². The minimum absolute atomic E-state index is 1.16. The molecule has 0 atom stereocenters. The van der Waals surface area contributed by atoms with E-state index in [1.807, 2.05) is 0 Å². The fourth-order valence-electron chi connectivity index (χ4n) is 3.16. The summed E-state index contributed by atoms with van der Waals surface area (Å²) < 4.78 is 0. The molecule has 0 spiro atoms. The van der Waals surface area contributed by atoms with Crippen LogP contribution >= 0.6 is 0 Å². The molecule has 1 saturated heterocycles. The van der Waals surface area contributed by atoms with Crippen molar-refractivity contribution in [3.8, 4) is 0 Å². The molecule has 1 aliphatic carbocycles. The SMILES string of the molecule is c1cc2c(cc1CCN1CCNCC1)CCCC2. The molecule has 0 bridgehead atoms. The van der Waals surface area contributed by atoms with Crippen LogP contribution in [0.4, 0.5) is 0 Å². The molecule has 0 amide bonds. The molecule has 0 saturated carbocycles. The summed E-state index contributed by atoms with van der Waals surface area (Å²) in [6.45, 7) is 5.96. The number of benzene rings is 1. The first-order valence-corrected chi connectivity index (χ1v) is 7.45. The van der Waals surface area contributed by atoms with Gasteiger partial charge in [-0.05, 0) is 48.8 Å². The lowest BCUT2D eigenvalue weighted by Crippen LogP contribution is -2.44. The number of piperazine rings is 1. The maximum atomic E-state index is 3.41. The quantitative estimate of drug-likeness (QED) is 0.875. The molecular weight excluding hydrogens is 220 g/mol. The number of hydrogen-bond acceptors (Lipinski definition) is 2. The molecule has 1 heterocycles. The average Bonchev–Trinajstić information content (AvgIpc) is 2.46. The zero-order valence-corrected chi connectivity index (χ0v) is 11.3. The van der Waals surface area contributed by atoms with E-state index in [-0.39, 0.29) is 0 Å². The van der Waals surface area contributed by atoms with E-state index in [9.17, 15) is 0 Å². The van der Waals surface area contributed by atoms with Gasteiger partial charge in [0.1, 0.15) is 0 Å². The van der Waals surface area contributed by atoms with Gasteiger partial charge in [-0.15, -0.1) is 0 Å². The Morgan fingerprint density at radius 3 is 2.61 bits per heavy atom. The van der Waals surface area contributed by atoms with E-state index in [0.29, 0.717) is 0 Å². The van der Waals surface area contributed by atoms with Gasteiger partial charge in [-0.2, -0.15) is 0 Å². The zero-order valence-electron chi connectivity index (χ0n) is 11.3. The highest BCUT2D eigenvalue weighted by molar-refractivity contribution is 5.33. The third-order valence-electron chi connectivity index (χ3n) is 4.34. The largest absolute Gasteiger partial charge is 0.314 e. The predicted octanol–water partition coefficient (Wildman–Crippen LogP) is 2.01. The Morgan fingerprint density at radius 2 is 1.78 bits per heavy atom. The normalized spacial score (nSPS) is 20.7. The highest BCUT2D eigenvalue weighted by Gasteiger charge is 2.11. The number of nitrogens with one attached hydrogen (secondary N) is 1. The second-order valence-corrected chi connectivity index (χ2v) is 5.65. The van der Waals surface area contributed by atoms with E-state index in [1.54, 1.807) is 11.1 Å². The molecule has 1 aromatic rings. The van der Waals surface area contributed by atoms with Gasteiger partial charge in [0.05, 0.1) is 0 Å². The standard InChI is InChI=1S/C16H24N2/c1-2-4-16-13-14(5-6-15(16)3-1)7-10-18-11-8-17-9-12-18/h5-6,13,17H,1-4,7-12H2. The van der Waals surface area contributed by atoms with Gasteiger partial charge >= 0.3 is 0 Å². The van der Waals surface area contributed by atoms with Gasteiger partial charge in [0.25, 0.3) is 0 Å². The average molecular weight is 244 g/mol. The van der Waals surface area contributed by atoms with Crippen LogP contribution in [-0.2, 0) is 19.3 Å². The number of fused-ring (bicyclic) bond motifs is 1. The Bertz CT molecular complexity index is 394. The minimum atomic E-state index is 1.16. The Kier molecular flexibility index (Phi) is 3.96. The van der Waals surface area contributed by atoms with Crippen LogP contribution in [-0.4, -0.2) is 37.6 Å². The highest BCUT2D eigenvalue weighted by Crippen LogP contribution is 2.22. The van der Waals surface area contributed by atoms with Crippen LogP contribution in [0, 0.1) is 0 Å². The third-order valence-corrected chi connectivity index (χ3v) is 4.34. The summed E-state index contributed by atoms with van der Waals surface area (Å²) in [7, 11) is 0. The second kappa shape index (κ2) is 5.85. The molecule has 2 heteroatoms. The van der Waals surface area contributed by atoms with Gasteiger partial charge in [-0.25, -0.2) is 0 Å². The number of aryl methyl sites for hydroxylation is 2. The van der Waals surface area contributed by atoms with Crippen LogP contribution in [0.3, 0.4) is 0 Å². The molecule has 1 N–H and O–H groups in total. The summed E-state index contributed by atoms with van der Waals surface area (Å²) in [4.78, 5) is 2.58. The van der Waals surface area contributed by atoms with Gasteiger partial charge in [0.15, 0.2) is 0 Å². The Hall–Kier alpha value is -0.860. The first-order chi connectivity index (χ1) is 8.92. The van der Waals surface area contributed by atoms with E-state index in [1.165, 1.54) is 57.3 Å². The van der Waals surface area contributed by atoms with Crippen molar-refractivity contribution in [3.05, 3.63) is 34.9 Å². The fraction of sp³-hybridized carbons (Fsp3) is 0.625. The molecule has 1 aliphatic heterocycles. The lowest BCUT2D eigenvalue weighted by Gasteiger charge is -2.27. The van der Waals surface area contributed by atoms with Crippen molar-refractivity contribution >= 4 is 0 Å². The first-order valence-electron chi connectivity index (χ1n) is 7.45.